The summed E-state index contributed by atoms with van der Waals surface area (Å²) in [6, 6.07) is 14.1. The summed E-state index contributed by atoms with van der Waals surface area (Å²) in [4.78, 5) is 8.88. The van der Waals surface area contributed by atoms with Crippen LogP contribution in [-0.2, 0) is 15.8 Å². The number of thioether (sulfide) groups is 1. The van der Waals surface area contributed by atoms with Crippen LogP contribution < -0.4 is 0 Å². The van der Waals surface area contributed by atoms with E-state index < -0.39 is 10.0 Å². The molecule has 0 saturated heterocycles. The Balaban J connectivity index is 1.51. The van der Waals surface area contributed by atoms with Crippen molar-refractivity contribution in [2.24, 2.45) is 0 Å². The highest BCUT2D eigenvalue weighted by Gasteiger charge is 2.19. The topological polar surface area (TPSA) is 102 Å². The number of hydrogen-bond acceptors (Lipinski definition) is 8. The molecule has 0 atom stereocenters. The Bertz CT molecular complexity index is 1220. The number of benzene rings is 2. The SMILES string of the molecule is CN(C)S(=O)(=O)c1ccc2oc(SCc3noc(-c4ccccc4)n3)nc2c1. The molecule has 8 nitrogen and oxygen atoms in total. The van der Waals surface area contributed by atoms with Crippen LogP contribution in [0.15, 0.2) is 67.6 Å². The van der Waals surface area contributed by atoms with Crippen molar-refractivity contribution < 1.29 is 17.4 Å². The third-order valence-electron chi connectivity index (χ3n) is 3.93. The normalized spacial score (nSPS) is 12.1. The van der Waals surface area contributed by atoms with Gasteiger partial charge in [-0.3, -0.25) is 0 Å². The Morgan fingerprint density at radius 3 is 2.61 bits per heavy atom. The van der Waals surface area contributed by atoms with Gasteiger partial charge in [-0.2, -0.15) is 4.98 Å². The fraction of sp³-hybridized carbons (Fsp3) is 0.167. The second-order valence-corrected chi connectivity index (χ2v) is 9.15. The molecule has 0 fully saturated rings. The summed E-state index contributed by atoms with van der Waals surface area (Å²) in [6.07, 6.45) is 0. The standard InChI is InChI=1S/C18H16N4O4S2/c1-22(2)28(23,24)13-8-9-15-14(10-13)19-18(25-15)27-11-16-20-17(26-21-16)12-6-4-3-5-7-12/h3-10H,11H2,1-2H3. The molecule has 0 N–H and O–H groups in total. The van der Waals surface area contributed by atoms with E-state index in [0.717, 1.165) is 9.87 Å². The first-order valence-electron chi connectivity index (χ1n) is 8.27. The Hall–Kier alpha value is -2.69. The Morgan fingerprint density at radius 1 is 1.07 bits per heavy atom. The van der Waals surface area contributed by atoms with Gasteiger partial charge < -0.3 is 8.94 Å². The molecule has 4 rings (SSSR count). The fourth-order valence-electron chi connectivity index (χ4n) is 2.46. The van der Waals surface area contributed by atoms with Crippen LogP contribution in [0.2, 0.25) is 0 Å². The van der Waals surface area contributed by atoms with Crippen molar-refractivity contribution in [3.8, 4) is 11.5 Å². The Kier molecular flexibility index (Phi) is 4.92. The molecule has 0 aliphatic heterocycles. The molecule has 2 aromatic carbocycles. The van der Waals surface area contributed by atoms with Gasteiger partial charge >= 0.3 is 0 Å². The molecule has 144 valence electrons. The van der Waals surface area contributed by atoms with E-state index in [1.165, 1.54) is 38.0 Å². The summed E-state index contributed by atoms with van der Waals surface area (Å²) in [5.74, 6) is 1.38. The Labute approximate surface area is 165 Å². The molecule has 10 heteroatoms. The molecule has 28 heavy (non-hydrogen) atoms. The molecule has 0 radical (unpaired) electrons. The minimum absolute atomic E-state index is 0.167. The van der Waals surface area contributed by atoms with Crippen molar-refractivity contribution in [2.45, 2.75) is 15.9 Å². The van der Waals surface area contributed by atoms with E-state index in [9.17, 15) is 8.42 Å². The first-order chi connectivity index (χ1) is 13.4. The Morgan fingerprint density at radius 2 is 1.86 bits per heavy atom. The maximum absolute atomic E-state index is 12.2. The second kappa shape index (κ2) is 7.38. The number of nitrogens with zero attached hydrogens (tertiary/aromatic N) is 4. The highest BCUT2D eigenvalue weighted by Crippen LogP contribution is 2.28. The molecule has 0 aliphatic rings. The number of aromatic nitrogens is 3. The van der Waals surface area contributed by atoms with Gasteiger partial charge in [0, 0.05) is 19.7 Å². The molecule has 0 amide bonds. The third kappa shape index (κ3) is 3.66. The van der Waals surface area contributed by atoms with Gasteiger partial charge in [0.05, 0.1) is 10.6 Å². The maximum Gasteiger partial charge on any atom is 0.257 e. The average Bonchev–Trinajstić information content (AvgIpc) is 3.33. The summed E-state index contributed by atoms with van der Waals surface area (Å²) in [7, 11) is -0.557. The third-order valence-corrected chi connectivity index (χ3v) is 6.57. The van der Waals surface area contributed by atoms with E-state index in [1.54, 1.807) is 6.07 Å². The summed E-state index contributed by atoms with van der Waals surface area (Å²) in [5.41, 5.74) is 1.84. The molecule has 2 heterocycles. The molecular weight excluding hydrogens is 400 g/mol. The predicted molar refractivity (Wildman–Crippen MR) is 104 cm³/mol. The summed E-state index contributed by atoms with van der Waals surface area (Å²) >= 11 is 1.30. The number of oxazole rings is 1. The van der Waals surface area contributed by atoms with Gasteiger partial charge in [0.25, 0.3) is 11.1 Å². The lowest BCUT2D eigenvalue weighted by Gasteiger charge is -2.10. The quantitative estimate of drug-likeness (QED) is 0.441. The van der Waals surface area contributed by atoms with Gasteiger partial charge in [0.2, 0.25) is 10.0 Å². The number of rotatable bonds is 6. The van der Waals surface area contributed by atoms with Crippen LogP contribution in [0, 0.1) is 0 Å². The van der Waals surface area contributed by atoms with E-state index in [1.807, 2.05) is 30.3 Å². The van der Waals surface area contributed by atoms with E-state index in [2.05, 4.69) is 15.1 Å². The lowest BCUT2D eigenvalue weighted by Crippen LogP contribution is -2.22. The minimum atomic E-state index is -3.53. The highest BCUT2D eigenvalue weighted by atomic mass is 32.2. The fourth-order valence-corrected chi connectivity index (χ4v) is 4.06. The number of sulfonamides is 1. The van der Waals surface area contributed by atoms with Gasteiger partial charge in [-0.25, -0.2) is 17.7 Å². The van der Waals surface area contributed by atoms with Crippen molar-refractivity contribution in [3.05, 3.63) is 54.4 Å². The van der Waals surface area contributed by atoms with Crippen LogP contribution >= 0.6 is 11.8 Å². The highest BCUT2D eigenvalue weighted by molar-refractivity contribution is 7.98. The van der Waals surface area contributed by atoms with Gasteiger partial charge in [-0.1, -0.05) is 35.1 Å². The largest absolute Gasteiger partial charge is 0.431 e. The van der Waals surface area contributed by atoms with Gasteiger partial charge in [-0.05, 0) is 30.3 Å². The maximum atomic E-state index is 12.2. The van der Waals surface area contributed by atoms with Crippen molar-refractivity contribution in [2.75, 3.05) is 14.1 Å². The number of fused-ring (bicyclic) bond motifs is 1. The first-order valence-corrected chi connectivity index (χ1v) is 10.7. The summed E-state index contributed by atoms with van der Waals surface area (Å²) in [6.45, 7) is 0. The van der Waals surface area contributed by atoms with Crippen molar-refractivity contribution in [1.82, 2.24) is 19.4 Å². The van der Waals surface area contributed by atoms with Gasteiger partial charge in [0.15, 0.2) is 11.4 Å². The van der Waals surface area contributed by atoms with Gasteiger partial charge in [0.1, 0.15) is 5.52 Å². The zero-order chi connectivity index (χ0) is 19.7. The van der Waals surface area contributed by atoms with E-state index in [-0.39, 0.29) is 4.90 Å². The van der Waals surface area contributed by atoms with E-state index in [0.29, 0.717) is 33.8 Å². The molecular formula is C18H16N4O4S2. The lowest BCUT2D eigenvalue weighted by atomic mass is 10.2. The zero-order valence-electron chi connectivity index (χ0n) is 15.1. The molecule has 2 aromatic heterocycles. The van der Waals surface area contributed by atoms with Crippen LogP contribution in [0.1, 0.15) is 5.82 Å². The van der Waals surface area contributed by atoms with Crippen LogP contribution in [0.4, 0.5) is 0 Å². The monoisotopic (exact) mass is 416 g/mol. The first kappa shape index (κ1) is 18.7. The van der Waals surface area contributed by atoms with Crippen molar-refractivity contribution >= 4 is 32.9 Å². The molecule has 0 unspecified atom stereocenters. The van der Waals surface area contributed by atoms with Gasteiger partial charge in [-0.15, -0.1) is 0 Å². The molecule has 0 spiro atoms. The molecule has 0 aliphatic carbocycles. The summed E-state index contributed by atoms with van der Waals surface area (Å²) in [5, 5.41) is 4.37. The van der Waals surface area contributed by atoms with Crippen molar-refractivity contribution in [3.63, 3.8) is 0 Å². The molecule has 0 saturated carbocycles. The molecule has 0 bridgehead atoms. The second-order valence-electron chi connectivity index (χ2n) is 6.07. The zero-order valence-corrected chi connectivity index (χ0v) is 16.7. The predicted octanol–water partition coefficient (Wildman–Crippen LogP) is 3.42. The van der Waals surface area contributed by atoms with E-state index in [4.69, 9.17) is 8.94 Å². The van der Waals surface area contributed by atoms with Crippen LogP contribution in [0.3, 0.4) is 0 Å². The van der Waals surface area contributed by atoms with Crippen molar-refractivity contribution in [1.29, 1.82) is 0 Å². The molecule has 4 aromatic rings. The van der Waals surface area contributed by atoms with Crippen LogP contribution in [-0.4, -0.2) is 41.9 Å². The lowest BCUT2D eigenvalue weighted by molar-refractivity contribution is 0.425. The smallest absolute Gasteiger partial charge is 0.257 e. The summed E-state index contributed by atoms with van der Waals surface area (Å²) < 4.78 is 36.6. The average molecular weight is 416 g/mol. The van der Waals surface area contributed by atoms with E-state index >= 15 is 0 Å². The number of hydrogen-bond donors (Lipinski definition) is 0. The minimum Gasteiger partial charge on any atom is -0.431 e. The van der Waals surface area contributed by atoms with Crippen LogP contribution in [0.25, 0.3) is 22.6 Å². The van der Waals surface area contributed by atoms with Crippen LogP contribution in [0.5, 0.6) is 0 Å².